The van der Waals surface area contributed by atoms with Crippen LogP contribution in [0.5, 0.6) is 5.75 Å². The SMILES string of the molecule is CNC(Cc1cc(Br)cc2c1OCC2)C1OCCC1C. The first kappa shape index (κ1) is 14.4. The maximum Gasteiger partial charge on any atom is 0.125 e. The maximum absolute atomic E-state index is 5.93. The predicted octanol–water partition coefficient (Wildman–Crippen LogP) is 2.94. The second kappa shape index (κ2) is 6.04. The fourth-order valence-electron chi connectivity index (χ4n) is 3.35. The van der Waals surface area contributed by atoms with Crippen molar-refractivity contribution in [2.24, 2.45) is 5.92 Å². The lowest BCUT2D eigenvalue weighted by atomic mass is 9.92. The van der Waals surface area contributed by atoms with Gasteiger partial charge < -0.3 is 14.8 Å². The zero-order valence-corrected chi connectivity index (χ0v) is 13.7. The average Bonchev–Trinajstić information content (AvgIpc) is 3.04. The third-order valence-corrected chi connectivity index (χ3v) is 4.93. The number of nitrogens with one attached hydrogen (secondary N) is 1. The molecule has 1 fully saturated rings. The number of fused-ring (bicyclic) bond motifs is 1. The molecule has 3 rings (SSSR count). The van der Waals surface area contributed by atoms with Gasteiger partial charge in [0, 0.05) is 23.5 Å². The van der Waals surface area contributed by atoms with Gasteiger partial charge in [0.2, 0.25) is 0 Å². The Kier molecular flexibility index (Phi) is 4.34. The molecule has 3 atom stereocenters. The maximum atomic E-state index is 5.93. The fourth-order valence-corrected chi connectivity index (χ4v) is 3.90. The van der Waals surface area contributed by atoms with E-state index in [4.69, 9.17) is 9.47 Å². The number of ether oxygens (including phenoxy) is 2. The van der Waals surface area contributed by atoms with Gasteiger partial charge in [-0.3, -0.25) is 0 Å². The van der Waals surface area contributed by atoms with E-state index in [1.54, 1.807) is 0 Å². The number of hydrogen-bond acceptors (Lipinski definition) is 3. The molecule has 1 aromatic carbocycles. The van der Waals surface area contributed by atoms with Crippen molar-refractivity contribution in [2.75, 3.05) is 20.3 Å². The molecule has 20 heavy (non-hydrogen) atoms. The van der Waals surface area contributed by atoms with Crippen LogP contribution in [0.1, 0.15) is 24.5 Å². The Morgan fingerprint density at radius 1 is 1.40 bits per heavy atom. The number of halogens is 1. The second-order valence-electron chi connectivity index (χ2n) is 5.85. The van der Waals surface area contributed by atoms with Crippen LogP contribution in [0.3, 0.4) is 0 Å². The second-order valence-corrected chi connectivity index (χ2v) is 6.77. The predicted molar refractivity (Wildman–Crippen MR) is 83.4 cm³/mol. The molecule has 3 unspecified atom stereocenters. The first-order chi connectivity index (χ1) is 9.69. The van der Waals surface area contributed by atoms with Crippen LogP contribution in [0.2, 0.25) is 0 Å². The van der Waals surface area contributed by atoms with Gasteiger partial charge >= 0.3 is 0 Å². The van der Waals surface area contributed by atoms with Crippen molar-refractivity contribution in [3.8, 4) is 5.75 Å². The Morgan fingerprint density at radius 3 is 2.95 bits per heavy atom. The molecule has 2 aliphatic rings. The number of rotatable bonds is 4. The van der Waals surface area contributed by atoms with Crippen LogP contribution in [0.15, 0.2) is 16.6 Å². The summed E-state index contributed by atoms with van der Waals surface area (Å²) in [6.07, 6.45) is 3.43. The quantitative estimate of drug-likeness (QED) is 0.914. The number of hydrogen-bond donors (Lipinski definition) is 1. The van der Waals surface area contributed by atoms with Crippen molar-refractivity contribution >= 4 is 15.9 Å². The van der Waals surface area contributed by atoms with Gasteiger partial charge in [-0.2, -0.15) is 0 Å². The van der Waals surface area contributed by atoms with Crippen molar-refractivity contribution in [3.05, 3.63) is 27.7 Å². The summed E-state index contributed by atoms with van der Waals surface area (Å²) in [4.78, 5) is 0. The van der Waals surface area contributed by atoms with Crippen LogP contribution in [0, 0.1) is 5.92 Å². The Morgan fingerprint density at radius 2 is 2.25 bits per heavy atom. The number of benzene rings is 1. The van der Waals surface area contributed by atoms with Crippen molar-refractivity contribution < 1.29 is 9.47 Å². The highest BCUT2D eigenvalue weighted by Gasteiger charge is 2.32. The molecule has 1 saturated heterocycles. The van der Waals surface area contributed by atoms with E-state index < -0.39 is 0 Å². The lowest BCUT2D eigenvalue weighted by Crippen LogP contribution is -2.42. The minimum atomic E-state index is 0.302. The Hall–Kier alpha value is -0.580. The van der Waals surface area contributed by atoms with Crippen LogP contribution in [0.4, 0.5) is 0 Å². The molecule has 4 heteroatoms. The van der Waals surface area contributed by atoms with Crippen LogP contribution >= 0.6 is 15.9 Å². The van der Waals surface area contributed by atoms with Gasteiger partial charge in [-0.15, -0.1) is 0 Å². The fraction of sp³-hybridized carbons (Fsp3) is 0.625. The molecule has 2 heterocycles. The van der Waals surface area contributed by atoms with E-state index in [0.29, 0.717) is 18.1 Å². The molecule has 0 spiro atoms. The number of likely N-dealkylation sites (N-methyl/N-ethyl adjacent to an activating group) is 1. The molecule has 2 aliphatic heterocycles. The van der Waals surface area contributed by atoms with Gasteiger partial charge in [0.1, 0.15) is 5.75 Å². The lowest BCUT2D eigenvalue weighted by Gasteiger charge is -2.26. The van der Waals surface area contributed by atoms with Crippen LogP contribution in [0.25, 0.3) is 0 Å². The highest BCUT2D eigenvalue weighted by Crippen LogP contribution is 2.35. The zero-order chi connectivity index (χ0) is 14.1. The van der Waals surface area contributed by atoms with E-state index in [0.717, 1.165) is 42.7 Å². The van der Waals surface area contributed by atoms with Crippen molar-refractivity contribution in [1.82, 2.24) is 5.32 Å². The third-order valence-electron chi connectivity index (χ3n) is 4.48. The molecule has 1 N–H and O–H groups in total. The molecule has 0 radical (unpaired) electrons. The third kappa shape index (κ3) is 2.74. The summed E-state index contributed by atoms with van der Waals surface area (Å²) in [6, 6.07) is 4.71. The molecule has 0 saturated carbocycles. The minimum absolute atomic E-state index is 0.302. The molecule has 0 aliphatic carbocycles. The largest absolute Gasteiger partial charge is 0.493 e. The van der Waals surface area contributed by atoms with E-state index >= 15 is 0 Å². The first-order valence-electron chi connectivity index (χ1n) is 7.42. The van der Waals surface area contributed by atoms with Gasteiger partial charge in [-0.05, 0) is 49.1 Å². The summed E-state index contributed by atoms with van der Waals surface area (Å²) in [7, 11) is 2.03. The highest BCUT2D eigenvalue weighted by molar-refractivity contribution is 9.10. The molecule has 3 nitrogen and oxygen atoms in total. The van der Waals surface area contributed by atoms with E-state index in [-0.39, 0.29) is 0 Å². The summed E-state index contributed by atoms with van der Waals surface area (Å²) < 4.78 is 12.9. The lowest BCUT2D eigenvalue weighted by molar-refractivity contribution is 0.0632. The summed E-state index contributed by atoms with van der Waals surface area (Å²) in [5.41, 5.74) is 2.61. The normalized spacial score (nSPS) is 26.4. The van der Waals surface area contributed by atoms with E-state index in [1.807, 2.05) is 7.05 Å². The van der Waals surface area contributed by atoms with E-state index in [1.165, 1.54) is 11.1 Å². The Bertz CT molecular complexity index is 492. The standard InChI is InChI=1S/C16H22BrNO2/c1-10-3-5-19-15(10)14(18-2)9-12-8-13(17)7-11-4-6-20-16(11)12/h7-8,10,14-15,18H,3-6,9H2,1-2H3. The van der Waals surface area contributed by atoms with Crippen molar-refractivity contribution in [2.45, 2.75) is 38.3 Å². The van der Waals surface area contributed by atoms with Crippen LogP contribution in [-0.4, -0.2) is 32.4 Å². The summed E-state index contributed by atoms with van der Waals surface area (Å²) in [5, 5.41) is 3.44. The average molecular weight is 340 g/mol. The topological polar surface area (TPSA) is 30.5 Å². The Balaban J connectivity index is 1.82. The van der Waals surface area contributed by atoms with Gasteiger partial charge in [0.15, 0.2) is 0 Å². The smallest absolute Gasteiger partial charge is 0.125 e. The van der Waals surface area contributed by atoms with Gasteiger partial charge in [-0.1, -0.05) is 22.9 Å². The molecule has 0 aromatic heterocycles. The summed E-state index contributed by atoms with van der Waals surface area (Å²) >= 11 is 3.62. The monoisotopic (exact) mass is 339 g/mol. The molecule has 110 valence electrons. The van der Waals surface area contributed by atoms with E-state index in [9.17, 15) is 0 Å². The summed E-state index contributed by atoms with van der Waals surface area (Å²) in [5.74, 6) is 1.72. The van der Waals surface area contributed by atoms with Gasteiger partial charge in [-0.25, -0.2) is 0 Å². The Labute approximate surface area is 129 Å². The molecule has 0 amide bonds. The first-order valence-corrected chi connectivity index (χ1v) is 8.21. The highest BCUT2D eigenvalue weighted by atomic mass is 79.9. The van der Waals surface area contributed by atoms with Gasteiger partial charge in [0.25, 0.3) is 0 Å². The van der Waals surface area contributed by atoms with Crippen molar-refractivity contribution in [1.29, 1.82) is 0 Å². The van der Waals surface area contributed by atoms with Crippen LogP contribution in [-0.2, 0) is 17.6 Å². The van der Waals surface area contributed by atoms with Gasteiger partial charge in [0.05, 0.1) is 12.7 Å². The van der Waals surface area contributed by atoms with Crippen LogP contribution < -0.4 is 10.1 Å². The minimum Gasteiger partial charge on any atom is -0.493 e. The molecule has 1 aromatic rings. The molecule has 0 bridgehead atoms. The molecular weight excluding hydrogens is 318 g/mol. The summed E-state index contributed by atoms with van der Waals surface area (Å²) in [6.45, 7) is 3.97. The molecular formula is C16H22BrNO2. The zero-order valence-electron chi connectivity index (χ0n) is 12.1. The van der Waals surface area contributed by atoms with Crippen molar-refractivity contribution in [3.63, 3.8) is 0 Å². The van der Waals surface area contributed by atoms with E-state index in [2.05, 4.69) is 40.3 Å².